The second-order valence-electron chi connectivity index (χ2n) is 6.81. The molecule has 158 valence electrons. The van der Waals surface area contributed by atoms with Crippen LogP contribution in [0.3, 0.4) is 0 Å². The van der Waals surface area contributed by atoms with Crippen LogP contribution >= 0.6 is 11.3 Å². The molecule has 2 N–H and O–H groups in total. The van der Waals surface area contributed by atoms with Crippen LogP contribution in [0, 0.1) is 5.82 Å². The minimum Gasteiger partial charge on any atom is -0.477 e. The molecule has 6 nitrogen and oxygen atoms in total. The molecule has 0 aliphatic heterocycles. The normalized spacial score (nSPS) is 11.0. The molecule has 4 aromatic rings. The van der Waals surface area contributed by atoms with Crippen molar-refractivity contribution in [2.45, 2.75) is 13.0 Å². The van der Waals surface area contributed by atoms with Crippen molar-refractivity contribution >= 4 is 27.5 Å². The van der Waals surface area contributed by atoms with Gasteiger partial charge in [-0.3, -0.25) is 4.79 Å². The Hall–Kier alpha value is -3.36. The minimum atomic E-state index is -0.463. The molecule has 1 amide bonds. The first-order valence-corrected chi connectivity index (χ1v) is 10.6. The molecule has 0 unspecified atom stereocenters. The van der Waals surface area contributed by atoms with Crippen molar-refractivity contribution in [2.75, 3.05) is 13.2 Å². The topological polar surface area (TPSA) is 87.3 Å². The average molecular weight is 437 g/mol. The summed E-state index contributed by atoms with van der Waals surface area (Å²) < 4.78 is 25.8. The predicted molar refractivity (Wildman–Crippen MR) is 118 cm³/mol. The number of hydrogen-bond donors (Lipinski definition) is 1. The Morgan fingerprint density at radius 3 is 2.77 bits per heavy atom. The third-order valence-electron chi connectivity index (χ3n) is 4.65. The number of carbonyl (C=O) groups is 1. The van der Waals surface area contributed by atoms with E-state index in [0.717, 1.165) is 16.0 Å². The van der Waals surface area contributed by atoms with Gasteiger partial charge in [0, 0.05) is 28.5 Å². The fraction of sp³-hybridized carbons (Fsp3) is 0.174. The summed E-state index contributed by atoms with van der Waals surface area (Å²) in [6, 6.07) is 13.7. The Kier molecular flexibility index (Phi) is 6.49. The van der Waals surface area contributed by atoms with E-state index in [1.807, 2.05) is 11.4 Å². The first-order valence-electron chi connectivity index (χ1n) is 9.70. The van der Waals surface area contributed by atoms with Crippen LogP contribution in [-0.2, 0) is 11.3 Å². The SMILES string of the molecule is NC(=O)c1cccc(COCCCOc2ncnc3scc(-c4ccccc4F)c23)c1. The van der Waals surface area contributed by atoms with E-state index in [1.165, 1.54) is 23.7 Å². The fourth-order valence-corrected chi connectivity index (χ4v) is 4.07. The summed E-state index contributed by atoms with van der Waals surface area (Å²) in [7, 11) is 0. The van der Waals surface area contributed by atoms with Gasteiger partial charge in [-0.1, -0.05) is 30.3 Å². The van der Waals surface area contributed by atoms with Crippen LogP contribution < -0.4 is 10.5 Å². The average Bonchev–Trinajstić information content (AvgIpc) is 3.21. The second kappa shape index (κ2) is 9.63. The van der Waals surface area contributed by atoms with Gasteiger partial charge in [-0.05, 0) is 23.8 Å². The molecule has 2 aromatic carbocycles. The number of ether oxygens (including phenoxy) is 2. The van der Waals surface area contributed by atoms with Gasteiger partial charge in [0.1, 0.15) is 17.0 Å². The lowest BCUT2D eigenvalue weighted by Crippen LogP contribution is -2.11. The van der Waals surface area contributed by atoms with Crippen molar-refractivity contribution in [3.05, 3.63) is 77.2 Å². The number of rotatable bonds is 9. The van der Waals surface area contributed by atoms with Crippen LogP contribution in [0.15, 0.2) is 60.2 Å². The maximum absolute atomic E-state index is 14.3. The Bertz CT molecular complexity index is 1210. The van der Waals surface area contributed by atoms with Crippen LogP contribution in [0.4, 0.5) is 4.39 Å². The summed E-state index contributed by atoms with van der Waals surface area (Å²) in [5.41, 5.74) is 7.84. The predicted octanol–water partition coefficient (Wildman–Crippen LogP) is 4.58. The third-order valence-corrected chi connectivity index (χ3v) is 5.54. The summed E-state index contributed by atoms with van der Waals surface area (Å²) in [6.07, 6.45) is 2.09. The molecule has 0 aliphatic carbocycles. The molecule has 0 aliphatic rings. The van der Waals surface area contributed by atoms with E-state index in [-0.39, 0.29) is 5.82 Å². The minimum absolute atomic E-state index is 0.300. The van der Waals surface area contributed by atoms with Gasteiger partial charge in [0.2, 0.25) is 11.8 Å². The fourth-order valence-electron chi connectivity index (χ4n) is 3.17. The number of carbonyl (C=O) groups excluding carboxylic acids is 1. The van der Waals surface area contributed by atoms with E-state index in [2.05, 4.69) is 9.97 Å². The standard InChI is InChI=1S/C23H20FN3O3S/c24-19-8-2-1-7-17(19)18-13-31-23-20(18)22(26-14-27-23)30-10-4-9-29-12-15-5-3-6-16(11-15)21(25)28/h1-3,5-8,11,13-14H,4,9-10,12H2,(H2,25,28). The van der Waals surface area contributed by atoms with Gasteiger partial charge in [-0.2, -0.15) is 0 Å². The smallest absolute Gasteiger partial charge is 0.248 e. The molecule has 4 rings (SSSR count). The molecular formula is C23H20FN3O3S. The molecule has 0 atom stereocenters. The van der Waals surface area contributed by atoms with E-state index >= 15 is 0 Å². The first-order chi connectivity index (χ1) is 15.1. The van der Waals surface area contributed by atoms with Crippen molar-refractivity contribution < 1.29 is 18.7 Å². The van der Waals surface area contributed by atoms with Gasteiger partial charge in [0.05, 0.1) is 25.2 Å². The van der Waals surface area contributed by atoms with Crippen LogP contribution in [-0.4, -0.2) is 29.1 Å². The van der Waals surface area contributed by atoms with Gasteiger partial charge in [0.25, 0.3) is 0 Å². The Morgan fingerprint density at radius 1 is 1.06 bits per heavy atom. The number of aromatic nitrogens is 2. The number of nitrogens with two attached hydrogens (primary N) is 1. The highest BCUT2D eigenvalue weighted by Gasteiger charge is 2.16. The Balaban J connectivity index is 1.36. The molecular weight excluding hydrogens is 417 g/mol. The zero-order chi connectivity index (χ0) is 21.6. The molecule has 8 heteroatoms. The monoisotopic (exact) mass is 437 g/mol. The van der Waals surface area contributed by atoms with Crippen LogP contribution in [0.1, 0.15) is 22.3 Å². The molecule has 0 fully saturated rings. The van der Waals surface area contributed by atoms with Gasteiger partial charge in [0.15, 0.2) is 0 Å². The zero-order valence-electron chi connectivity index (χ0n) is 16.6. The van der Waals surface area contributed by atoms with Crippen molar-refractivity contribution in [1.29, 1.82) is 0 Å². The van der Waals surface area contributed by atoms with Crippen LogP contribution in [0.5, 0.6) is 5.88 Å². The van der Waals surface area contributed by atoms with Crippen molar-refractivity contribution in [2.24, 2.45) is 5.73 Å². The summed E-state index contributed by atoms with van der Waals surface area (Å²) in [5, 5.41) is 2.58. The number of halogens is 1. The molecule has 2 heterocycles. The van der Waals surface area contributed by atoms with Gasteiger partial charge in [-0.25, -0.2) is 14.4 Å². The summed E-state index contributed by atoms with van der Waals surface area (Å²) >= 11 is 1.42. The lowest BCUT2D eigenvalue weighted by Gasteiger charge is -2.09. The summed E-state index contributed by atoms with van der Waals surface area (Å²) in [6.45, 7) is 1.24. The zero-order valence-corrected chi connectivity index (χ0v) is 17.4. The summed E-state index contributed by atoms with van der Waals surface area (Å²) in [5.74, 6) is -0.334. The van der Waals surface area contributed by atoms with Crippen LogP contribution in [0.2, 0.25) is 0 Å². The number of hydrogen-bond acceptors (Lipinski definition) is 6. The molecule has 31 heavy (non-hydrogen) atoms. The third kappa shape index (κ3) is 4.87. The van der Waals surface area contributed by atoms with E-state index < -0.39 is 5.91 Å². The number of benzene rings is 2. The maximum Gasteiger partial charge on any atom is 0.248 e. The Labute approximate surface area is 182 Å². The second-order valence-corrected chi connectivity index (χ2v) is 7.67. The van der Waals surface area contributed by atoms with Gasteiger partial charge in [-0.15, -0.1) is 11.3 Å². The van der Waals surface area contributed by atoms with Crippen molar-refractivity contribution in [1.82, 2.24) is 9.97 Å². The molecule has 0 radical (unpaired) electrons. The van der Waals surface area contributed by atoms with Crippen LogP contribution in [0.25, 0.3) is 21.3 Å². The van der Waals surface area contributed by atoms with Gasteiger partial charge < -0.3 is 15.2 Å². The Morgan fingerprint density at radius 2 is 1.94 bits per heavy atom. The molecule has 0 saturated heterocycles. The number of amides is 1. The van der Waals surface area contributed by atoms with E-state index in [4.69, 9.17) is 15.2 Å². The van der Waals surface area contributed by atoms with E-state index in [0.29, 0.717) is 48.6 Å². The quantitative estimate of drug-likeness (QED) is 0.387. The molecule has 0 bridgehead atoms. The molecule has 0 saturated carbocycles. The maximum atomic E-state index is 14.3. The van der Waals surface area contributed by atoms with E-state index in [9.17, 15) is 9.18 Å². The molecule has 2 aromatic heterocycles. The number of nitrogens with zero attached hydrogens (tertiary/aromatic N) is 2. The number of primary amides is 1. The van der Waals surface area contributed by atoms with Gasteiger partial charge >= 0.3 is 0 Å². The largest absolute Gasteiger partial charge is 0.477 e. The first kappa shape index (κ1) is 20.9. The highest BCUT2D eigenvalue weighted by atomic mass is 32.1. The lowest BCUT2D eigenvalue weighted by molar-refractivity contribution is 0.0998. The molecule has 0 spiro atoms. The number of thiophene rings is 1. The van der Waals surface area contributed by atoms with Crippen molar-refractivity contribution in [3.63, 3.8) is 0 Å². The lowest BCUT2D eigenvalue weighted by atomic mass is 10.1. The number of fused-ring (bicyclic) bond motifs is 1. The highest BCUT2D eigenvalue weighted by Crippen LogP contribution is 2.38. The highest BCUT2D eigenvalue weighted by molar-refractivity contribution is 7.17. The van der Waals surface area contributed by atoms with E-state index in [1.54, 1.807) is 36.4 Å². The van der Waals surface area contributed by atoms with Crippen molar-refractivity contribution in [3.8, 4) is 17.0 Å². The summed E-state index contributed by atoms with van der Waals surface area (Å²) in [4.78, 5) is 20.5.